The summed E-state index contributed by atoms with van der Waals surface area (Å²) in [5.74, 6) is 0.194. The summed E-state index contributed by atoms with van der Waals surface area (Å²) in [6, 6.07) is 19.3. The predicted octanol–water partition coefficient (Wildman–Crippen LogP) is 4.30. The molecule has 0 saturated heterocycles. The predicted molar refractivity (Wildman–Crippen MR) is 109 cm³/mol. The van der Waals surface area contributed by atoms with Crippen LogP contribution in [0.4, 0.5) is 16.2 Å². The van der Waals surface area contributed by atoms with Gasteiger partial charge < -0.3 is 9.64 Å². The number of carbonyl (C=O) groups excluding carboxylic acids is 2. The van der Waals surface area contributed by atoms with Crippen molar-refractivity contribution in [1.29, 1.82) is 0 Å². The zero-order valence-electron chi connectivity index (χ0n) is 16.0. The molecule has 28 heavy (non-hydrogen) atoms. The molecule has 3 aromatic rings. The maximum Gasteiger partial charge on any atom is 0.419 e. The molecular formula is C22H21N3O3. The van der Waals surface area contributed by atoms with Gasteiger partial charge in [0.15, 0.2) is 0 Å². The highest BCUT2D eigenvalue weighted by atomic mass is 16.6. The number of hydrogen-bond donors (Lipinski definition) is 0. The number of rotatable bonds is 4. The van der Waals surface area contributed by atoms with Gasteiger partial charge in [-0.05, 0) is 55.5 Å². The van der Waals surface area contributed by atoms with E-state index < -0.39 is 6.09 Å². The summed E-state index contributed by atoms with van der Waals surface area (Å²) in [4.78, 5) is 32.2. The minimum absolute atomic E-state index is 0.171. The lowest BCUT2D eigenvalue weighted by Crippen LogP contribution is -2.29. The van der Waals surface area contributed by atoms with Gasteiger partial charge in [-0.25, -0.2) is 4.79 Å². The van der Waals surface area contributed by atoms with Crippen molar-refractivity contribution in [2.24, 2.45) is 0 Å². The number of ether oxygens (including phenoxy) is 1. The lowest BCUT2D eigenvalue weighted by atomic mass is 10.1. The average Bonchev–Trinajstić information content (AvgIpc) is 2.73. The number of amides is 2. The molecule has 142 valence electrons. The SMILES string of the molecule is Cc1ncccc1N(C)C(=O)c1ccc(OC(=O)N(C)c2ccccc2)cc1. The summed E-state index contributed by atoms with van der Waals surface area (Å²) in [7, 11) is 3.34. The van der Waals surface area contributed by atoms with Gasteiger partial charge in [0.1, 0.15) is 5.75 Å². The quantitative estimate of drug-likeness (QED) is 0.682. The zero-order valence-corrected chi connectivity index (χ0v) is 16.0. The van der Waals surface area contributed by atoms with E-state index in [4.69, 9.17) is 4.74 Å². The van der Waals surface area contributed by atoms with E-state index in [2.05, 4.69) is 4.98 Å². The van der Waals surface area contributed by atoms with Gasteiger partial charge in [0.25, 0.3) is 5.91 Å². The average molecular weight is 375 g/mol. The van der Waals surface area contributed by atoms with Crippen LogP contribution in [0.3, 0.4) is 0 Å². The van der Waals surface area contributed by atoms with E-state index in [-0.39, 0.29) is 5.91 Å². The summed E-state index contributed by atoms with van der Waals surface area (Å²) in [5.41, 5.74) is 2.73. The van der Waals surface area contributed by atoms with Gasteiger partial charge in [0.2, 0.25) is 0 Å². The van der Waals surface area contributed by atoms with Crippen LogP contribution in [0.15, 0.2) is 72.9 Å². The van der Waals surface area contributed by atoms with Crippen LogP contribution in [0.2, 0.25) is 0 Å². The minimum atomic E-state index is -0.506. The Morgan fingerprint density at radius 3 is 2.18 bits per heavy atom. The van der Waals surface area contributed by atoms with E-state index in [9.17, 15) is 9.59 Å². The van der Waals surface area contributed by atoms with Gasteiger partial charge in [-0.15, -0.1) is 0 Å². The third-order valence-electron chi connectivity index (χ3n) is 4.37. The molecule has 6 heteroatoms. The van der Waals surface area contributed by atoms with Crippen LogP contribution < -0.4 is 14.5 Å². The van der Waals surface area contributed by atoms with Crippen molar-refractivity contribution >= 4 is 23.4 Å². The zero-order chi connectivity index (χ0) is 20.1. The van der Waals surface area contributed by atoms with E-state index in [0.717, 1.165) is 17.1 Å². The Morgan fingerprint density at radius 1 is 0.857 bits per heavy atom. The highest BCUT2D eigenvalue weighted by Crippen LogP contribution is 2.20. The summed E-state index contributed by atoms with van der Waals surface area (Å²) in [6.07, 6.45) is 1.18. The van der Waals surface area contributed by atoms with Crippen molar-refractivity contribution in [1.82, 2.24) is 4.98 Å². The maximum absolute atomic E-state index is 12.7. The molecule has 0 aliphatic carbocycles. The van der Waals surface area contributed by atoms with Gasteiger partial charge in [-0.2, -0.15) is 0 Å². The standard InChI is InChI=1S/C22H21N3O3/c1-16-20(10-7-15-23-16)25(3)21(26)17-11-13-19(14-12-17)28-22(27)24(2)18-8-5-4-6-9-18/h4-15H,1-3H3. The first-order valence-electron chi connectivity index (χ1n) is 8.77. The second-order valence-corrected chi connectivity index (χ2v) is 6.26. The van der Waals surface area contributed by atoms with Crippen LogP contribution in [-0.2, 0) is 0 Å². The van der Waals surface area contributed by atoms with E-state index in [1.54, 1.807) is 55.5 Å². The normalized spacial score (nSPS) is 10.2. The van der Waals surface area contributed by atoms with Crippen molar-refractivity contribution in [2.75, 3.05) is 23.9 Å². The van der Waals surface area contributed by atoms with Crippen molar-refractivity contribution in [2.45, 2.75) is 6.92 Å². The fourth-order valence-corrected chi connectivity index (χ4v) is 2.73. The number of pyridine rings is 1. The molecule has 0 spiro atoms. The van der Waals surface area contributed by atoms with Gasteiger partial charge in [0.05, 0.1) is 11.4 Å². The van der Waals surface area contributed by atoms with Crippen molar-refractivity contribution in [3.8, 4) is 5.75 Å². The Hall–Kier alpha value is -3.67. The fourth-order valence-electron chi connectivity index (χ4n) is 2.73. The molecule has 0 atom stereocenters. The highest BCUT2D eigenvalue weighted by molar-refractivity contribution is 6.06. The van der Waals surface area contributed by atoms with E-state index >= 15 is 0 Å². The monoisotopic (exact) mass is 375 g/mol. The number of hydrogen-bond acceptors (Lipinski definition) is 4. The smallest absolute Gasteiger partial charge is 0.410 e. The largest absolute Gasteiger partial charge is 0.419 e. The Labute approximate surface area is 164 Å². The number of aryl methyl sites for hydroxylation is 1. The molecular weight excluding hydrogens is 354 g/mol. The van der Waals surface area contributed by atoms with Crippen molar-refractivity contribution in [3.05, 3.63) is 84.2 Å². The van der Waals surface area contributed by atoms with Gasteiger partial charge in [0, 0.05) is 31.5 Å². The summed E-state index contributed by atoms with van der Waals surface area (Å²) in [6.45, 7) is 1.85. The summed E-state index contributed by atoms with van der Waals surface area (Å²) < 4.78 is 5.38. The number of aromatic nitrogens is 1. The van der Waals surface area contributed by atoms with Crippen molar-refractivity contribution in [3.63, 3.8) is 0 Å². The molecule has 0 aliphatic rings. The van der Waals surface area contributed by atoms with Crippen LogP contribution in [-0.4, -0.2) is 31.1 Å². The van der Waals surface area contributed by atoms with Crippen LogP contribution in [0.25, 0.3) is 0 Å². The van der Waals surface area contributed by atoms with Crippen LogP contribution >= 0.6 is 0 Å². The number of anilines is 2. The number of para-hydroxylation sites is 1. The molecule has 0 radical (unpaired) electrons. The van der Waals surface area contributed by atoms with Crippen LogP contribution in [0.1, 0.15) is 16.1 Å². The van der Waals surface area contributed by atoms with Crippen molar-refractivity contribution < 1.29 is 14.3 Å². The molecule has 1 heterocycles. The number of carbonyl (C=O) groups is 2. The first-order chi connectivity index (χ1) is 13.5. The molecule has 0 bridgehead atoms. The Kier molecular flexibility index (Phi) is 5.69. The molecule has 3 rings (SSSR count). The minimum Gasteiger partial charge on any atom is -0.410 e. The maximum atomic E-state index is 12.7. The first kappa shape index (κ1) is 19.1. The molecule has 6 nitrogen and oxygen atoms in total. The molecule has 2 aromatic carbocycles. The molecule has 1 aromatic heterocycles. The molecule has 0 unspecified atom stereocenters. The van der Waals surface area contributed by atoms with Gasteiger partial charge in [-0.3, -0.25) is 14.7 Å². The molecule has 0 saturated carbocycles. The van der Waals surface area contributed by atoms with E-state index in [1.165, 1.54) is 4.90 Å². The Morgan fingerprint density at radius 2 is 1.54 bits per heavy atom. The molecule has 0 aliphatic heterocycles. The third kappa shape index (κ3) is 4.17. The van der Waals surface area contributed by atoms with Crippen LogP contribution in [0.5, 0.6) is 5.75 Å². The summed E-state index contributed by atoms with van der Waals surface area (Å²) in [5, 5.41) is 0. The van der Waals surface area contributed by atoms with Gasteiger partial charge in [-0.1, -0.05) is 18.2 Å². The number of benzene rings is 2. The topological polar surface area (TPSA) is 62.7 Å². The second kappa shape index (κ2) is 8.35. The number of nitrogens with zero attached hydrogens (tertiary/aromatic N) is 3. The Bertz CT molecular complexity index is 972. The molecule has 0 N–H and O–H groups in total. The van der Waals surface area contributed by atoms with Crippen LogP contribution in [0, 0.1) is 6.92 Å². The molecule has 0 fully saturated rings. The fraction of sp³-hybridized carbons (Fsp3) is 0.136. The highest BCUT2D eigenvalue weighted by Gasteiger charge is 2.17. The third-order valence-corrected chi connectivity index (χ3v) is 4.37. The molecule has 2 amide bonds. The lowest BCUT2D eigenvalue weighted by Gasteiger charge is -2.19. The van der Waals surface area contributed by atoms with Gasteiger partial charge >= 0.3 is 6.09 Å². The van der Waals surface area contributed by atoms with E-state index in [0.29, 0.717) is 11.3 Å². The first-order valence-corrected chi connectivity index (χ1v) is 8.77. The Balaban J connectivity index is 1.68. The second-order valence-electron chi connectivity index (χ2n) is 6.26. The lowest BCUT2D eigenvalue weighted by molar-refractivity contribution is 0.0992. The van der Waals surface area contributed by atoms with E-state index in [1.807, 2.05) is 43.3 Å². The summed E-state index contributed by atoms with van der Waals surface area (Å²) >= 11 is 0.